The fourth-order valence-electron chi connectivity index (χ4n) is 2.65. The fourth-order valence-corrected chi connectivity index (χ4v) is 2.65. The molecule has 3 rings (SSSR count). The Hall–Kier alpha value is -1.79. The van der Waals surface area contributed by atoms with Crippen molar-refractivity contribution in [2.75, 3.05) is 18.0 Å². The highest BCUT2D eigenvalue weighted by molar-refractivity contribution is 5.64. The maximum atomic E-state index is 12.8. The van der Waals surface area contributed by atoms with Crippen LogP contribution in [0.25, 0.3) is 5.65 Å². The highest BCUT2D eigenvalue weighted by atomic mass is 19.4. The van der Waals surface area contributed by atoms with E-state index in [2.05, 4.69) is 16.9 Å². The van der Waals surface area contributed by atoms with Crippen molar-refractivity contribution in [3.63, 3.8) is 0 Å². The van der Waals surface area contributed by atoms with Crippen LogP contribution in [0, 0.1) is 5.92 Å². The first kappa shape index (κ1) is 13.2. The monoisotopic (exact) mass is 284 g/mol. The Balaban J connectivity index is 2.04. The van der Waals surface area contributed by atoms with Crippen molar-refractivity contribution in [3.8, 4) is 0 Å². The molecule has 1 aliphatic rings. The third kappa shape index (κ3) is 2.32. The number of aromatic nitrogens is 3. The summed E-state index contributed by atoms with van der Waals surface area (Å²) in [6.45, 7) is 3.76. The quantitative estimate of drug-likeness (QED) is 0.807. The Morgan fingerprint density at radius 2 is 2.15 bits per heavy atom. The van der Waals surface area contributed by atoms with Gasteiger partial charge in [0.05, 0.1) is 0 Å². The van der Waals surface area contributed by atoms with Crippen LogP contribution >= 0.6 is 0 Å². The molecule has 3 heterocycles. The van der Waals surface area contributed by atoms with Crippen LogP contribution in [0.1, 0.15) is 25.5 Å². The highest BCUT2D eigenvalue weighted by Crippen LogP contribution is 2.31. The number of hydrogen-bond acceptors (Lipinski definition) is 3. The summed E-state index contributed by atoms with van der Waals surface area (Å²) in [5, 5.41) is 0. The molecule has 108 valence electrons. The predicted molar refractivity (Wildman–Crippen MR) is 68.6 cm³/mol. The van der Waals surface area contributed by atoms with Crippen LogP contribution in [0.15, 0.2) is 18.6 Å². The van der Waals surface area contributed by atoms with Crippen LogP contribution in [-0.4, -0.2) is 27.5 Å². The molecular formula is C13H15F3N4. The number of hydrogen-bond donors (Lipinski definition) is 0. The second-order valence-corrected chi connectivity index (χ2v) is 5.30. The van der Waals surface area contributed by atoms with Gasteiger partial charge in [0, 0.05) is 31.7 Å². The summed E-state index contributed by atoms with van der Waals surface area (Å²) in [7, 11) is 0. The highest BCUT2D eigenvalue weighted by Gasteiger charge is 2.34. The third-order valence-corrected chi connectivity index (χ3v) is 3.60. The Morgan fingerprint density at radius 1 is 1.35 bits per heavy atom. The summed E-state index contributed by atoms with van der Waals surface area (Å²) < 4.78 is 39.7. The lowest BCUT2D eigenvalue weighted by atomic mass is 10.0. The van der Waals surface area contributed by atoms with E-state index in [4.69, 9.17) is 0 Å². The molecule has 0 radical (unpaired) electrons. The molecule has 1 atom stereocenters. The lowest BCUT2D eigenvalue weighted by molar-refractivity contribution is -0.140. The molecule has 1 unspecified atom stereocenters. The average molecular weight is 284 g/mol. The van der Waals surface area contributed by atoms with E-state index in [1.165, 1.54) is 16.8 Å². The van der Waals surface area contributed by atoms with Gasteiger partial charge in [-0.15, -0.1) is 0 Å². The van der Waals surface area contributed by atoms with Crippen LogP contribution < -0.4 is 4.90 Å². The van der Waals surface area contributed by atoms with Crippen molar-refractivity contribution in [2.45, 2.75) is 25.9 Å². The van der Waals surface area contributed by atoms with Gasteiger partial charge in [0.25, 0.3) is 0 Å². The molecule has 0 spiro atoms. The molecule has 1 aliphatic heterocycles. The zero-order valence-corrected chi connectivity index (χ0v) is 11.1. The normalized spacial score (nSPS) is 20.6. The second kappa shape index (κ2) is 4.64. The summed E-state index contributed by atoms with van der Waals surface area (Å²) in [5.41, 5.74) is -0.606. The maximum absolute atomic E-state index is 12.8. The maximum Gasteiger partial charge on any atom is 0.434 e. The molecule has 0 amide bonds. The minimum Gasteiger partial charge on any atom is -0.353 e. The molecule has 1 saturated heterocycles. The zero-order valence-electron chi connectivity index (χ0n) is 11.1. The van der Waals surface area contributed by atoms with Crippen molar-refractivity contribution < 1.29 is 13.2 Å². The molecule has 1 fully saturated rings. The first-order valence-corrected chi connectivity index (χ1v) is 6.61. The van der Waals surface area contributed by atoms with Gasteiger partial charge in [-0.3, -0.25) is 0 Å². The van der Waals surface area contributed by atoms with Crippen molar-refractivity contribution in [2.24, 2.45) is 5.92 Å². The number of nitrogens with zero attached hydrogens (tertiary/aromatic N) is 4. The minimum atomic E-state index is -4.43. The first-order valence-electron chi connectivity index (χ1n) is 6.61. The fraction of sp³-hybridized carbons (Fsp3) is 0.538. The number of anilines is 1. The van der Waals surface area contributed by atoms with Crippen molar-refractivity contribution >= 4 is 11.5 Å². The van der Waals surface area contributed by atoms with Crippen molar-refractivity contribution in [1.82, 2.24) is 14.4 Å². The van der Waals surface area contributed by atoms with Gasteiger partial charge in [-0.1, -0.05) is 6.92 Å². The van der Waals surface area contributed by atoms with Gasteiger partial charge in [0.2, 0.25) is 0 Å². The molecule has 20 heavy (non-hydrogen) atoms. The summed E-state index contributed by atoms with van der Waals surface area (Å²) in [6.07, 6.45) is 1.75. The van der Waals surface area contributed by atoms with Crippen molar-refractivity contribution in [3.05, 3.63) is 24.3 Å². The van der Waals surface area contributed by atoms with E-state index in [0.717, 1.165) is 32.1 Å². The van der Waals surface area contributed by atoms with Crippen molar-refractivity contribution in [1.29, 1.82) is 0 Å². The number of rotatable bonds is 1. The van der Waals surface area contributed by atoms with Crippen LogP contribution in [-0.2, 0) is 6.18 Å². The smallest absolute Gasteiger partial charge is 0.353 e. The lowest BCUT2D eigenvalue weighted by Crippen LogP contribution is -2.35. The van der Waals surface area contributed by atoms with E-state index in [-0.39, 0.29) is 5.65 Å². The number of piperidine rings is 1. The largest absolute Gasteiger partial charge is 0.434 e. The molecule has 4 nitrogen and oxygen atoms in total. The van der Waals surface area contributed by atoms with Crippen LogP contribution in [0.5, 0.6) is 0 Å². The first-order chi connectivity index (χ1) is 9.45. The Morgan fingerprint density at radius 3 is 2.85 bits per heavy atom. The summed E-state index contributed by atoms with van der Waals surface area (Å²) >= 11 is 0. The molecule has 2 aromatic heterocycles. The summed E-state index contributed by atoms with van der Waals surface area (Å²) in [5.74, 6) is 1.05. The van der Waals surface area contributed by atoms with Gasteiger partial charge in [-0.05, 0) is 18.8 Å². The zero-order chi connectivity index (χ0) is 14.3. The number of alkyl halides is 3. The van der Waals surface area contributed by atoms with E-state index in [1.54, 1.807) is 0 Å². The lowest BCUT2D eigenvalue weighted by Gasteiger charge is -2.31. The molecule has 0 N–H and O–H groups in total. The standard InChI is InChI=1S/C13H15F3N4/c1-9-3-2-5-19(7-9)11-12-18-10(13(14,15)16)8-20(12)6-4-17-11/h4,6,8-9H,2-3,5,7H2,1H3. The molecule has 0 aromatic carbocycles. The van der Waals surface area contributed by atoms with Gasteiger partial charge >= 0.3 is 6.18 Å². The number of halogens is 3. The number of imidazole rings is 1. The van der Waals surface area contributed by atoms with Crippen LogP contribution in [0.2, 0.25) is 0 Å². The van der Waals surface area contributed by atoms with Crippen LogP contribution in [0.4, 0.5) is 19.0 Å². The summed E-state index contributed by atoms with van der Waals surface area (Å²) in [6, 6.07) is 0. The molecule has 7 heteroatoms. The second-order valence-electron chi connectivity index (χ2n) is 5.30. The predicted octanol–water partition coefficient (Wildman–Crippen LogP) is 2.98. The topological polar surface area (TPSA) is 33.4 Å². The summed E-state index contributed by atoms with van der Waals surface area (Å²) in [4.78, 5) is 9.98. The Labute approximate surface area is 114 Å². The average Bonchev–Trinajstić information content (AvgIpc) is 2.82. The van der Waals surface area contributed by atoms with Gasteiger partial charge in [0.15, 0.2) is 17.2 Å². The molecule has 0 saturated carbocycles. The van der Waals surface area contributed by atoms with Gasteiger partial charge in [-0.25, -0.2) is 9.97 Å². The van der Waals surface area contributed by atoms with Gasteiger partial charge in [-0.2, -0.15) is 13.2 Å². The molecular weight excluding hydrogens is 269 g/mol. The van der Waals surface area contributed by atoms with E-state index in [9.17, 15) is 13.2 Å². The van der Waals surface area contributed by atoms with Crippen LogP contribution in [0.3, 0.4) is 0 Å². The van der Waals surface area contributed by atoms with E-state index >= 15 is 0 Å². The molecule has 0 aliphatic carbocycles. The SMILES string of the molecule is CC1CCCN(c2nccn3cc(C(F)(F)F)nc23)C1. The Kier molecular flexibility index (Phi) is 3.07. The molecule has 2 aromatic rings. The van der Waals surface area contributed by atoms with Gasteiger partial charge in [0.1, 0.15) is 0 Å². The number of fused-ring (bicyclic) bond motifs is 1. The minimum absolute atomic E-state index is 0.272. The van der Waals surface area contributed by atoms with E-state index < -0.39 is 11.9 Å². The van der Waals surface area contributed by atoms with E-state index in [1.807, 2.05) is 4.90 Å². The Bertz CT molecular complexity index is 620. The third-order valence-electron chi connectivity index (χ3n) is 3.60. The van der Waals surface area contributed by atoms with E-state index in [0.29, 0.717) is 11.7 Å². The molecule has 0 bridgehead atoms. The van der Waals surface area contributed by atoms with Gasteiger partial charge < -0.3 is 9.30 Å².